The summed E-state index contributed by atoms with van der Waals surface area (Å²) in [4.78, 5) is 0. The lowest BCUT2D eigenvalue weighted by Gasteiger charge is -2.54. The zero-order valence-electron chi connectivity index (χ0n) is 15.0. The number of hydrogen-bond acceptors (Lipinski definition) is 0. The van der Waals surface area contributed by atoms with Gasteiger partial charge in [-0.3, -0.25) is 0 Å². The average molecular weight is 291 g/mol. The van der Waals surface area contributed by atoms with Crippen molar-refractivity contribution in [2.24, 2.45) is 40.9 Å². The van der Waals surface area contributed by atoms with Gasteiger partial charge in [-0.05, 0) is 85.9 Å². The van der Waals surface area contributed by atoms with Crippen molar-refractivity contribution in [1.82, 2.24) is 0 Å². The Morgan fingerprint density at radius 3 is 2.38 bits per heavy atom. The minimum absolute atomic E-state index is 0.732. The van der Waals surface area contributed by atoms with E-state index >= 15 is 0 Å². The molecule has 0 heteroatoms. The van der Waals surface area contributed by atoms with E-state index in [1.165, 1.54) is 25.7 Å². The third-order valence-electron chi connectivity index (χ3n) is 8.42. The summed E-state index contributed by atoms with van der Waals surface area (Å²) in [6.07, 6.45) is 15.2. The molecule has 0 saturated heterocycles. The Labute approximate surface area is 133 Å². The Hall–Kier alpha value is 0. The third-order valence-corrected chi connectivity index (χ3v) is 8.42. The van der Waals surface area contributed by atoms with E-state index in [9.17, 15) is 0 Å². The zero-order chi connectivity index (χ0) is 15.0. The predicted octanol–water partition coefficient (Wildman–Crippen LogP) is 6.69. The molecule has 0 radical (unpaired) electrons. The van der Waals surface area contributed by atoms with E-state index in [-0.39, 0.29) is 0 Å². The molecule has 0 aromatic carbocycles. The SMILES string of the molecule is CCC1CCC(C2CCC2(C)C2CCC(C(C)CC)C2)C1. The van der Waals surface area contributed by atoms with Gasteiger partial charge in [0.05, 0.1) is 0 Å². The molecule has 0 aromatic rings. The maximum atomic E-state index is 2.68. The molecule has 0 spiro atoms. The molecule has 0 amide bonds. The molecular formula is C21H38. The highest BCUT2D eigenvalue weighted by molar-refractivity contribution is 5.03. The molecule has 3 aliphatic rings. The van der Waals surface area contributed by atoms with Crippen LogP contribution in [0.2, 0.25) is 0 Å². The first-order valence-electron chi connectivity index (χ1n) is 10.1. The normalized spacial score (nSPS) is 48.3. The minimum atomic E-state index is 0.732. The van der Waals surface area contributed by atoms with Crippen LogP contribution in [0.1, 0.15) is 91.9 Å². The summed E-state index contributed by atoms with van der Waals surface area (Å²) in [5, 5.41) is 0. The lowest BCUT2D eigenvalue weighted by atomic mass is 9.51. The molecule has 122 valence electrons. The topological polar surface area (TPSA) is 0 Å². The van der Waals surface area contributed by atoms with Crippen LogP contribution in [0.3, 0.4) is 0 Å². The monoisotopic (exact) mass is 290 g/mol. The van der Waals surface area contributed by atoms with Crippen molar-refractivity contribution in [3.8, 4) is 0 Å². The van der Waals surface area contributed by atoms with E-state index < -0.39 is 0 Å². The third kappa shape index (κ3) is 2.81. The molecule has 0 aromatic heterocycles. The molecule has 21 heavy (non-hydrogen) atoms. The summed E-state index contributed by atoms with van der Waals surface area (Å²) in [7, 11) is 0. The van der Waals surface area contributed by atoms with Gasteiger partial charge in [-0.2, -0.15) is 0 Å². The van der Waals surface area contributed by atoms with Gasteiger partial charge in [0.15, 0.2) is 0 Å². The van der Waals surface area contributed by atoms with Gasteiger partial charge in [-0.25, -0.2) is 0 Å². The molecule has 0 bridgehead atoms. The maximum absolute atomic E-state index is 2.68. The van der Waals surface area contributed by atoms with Crippen molar-refractivity contribution in [1.29, 1.82) is 0 Å². The summed E-state index contributed by atoms with van der Waals surface area (Å²) in [5.74, 6) is 6.33. The van der Waals surface area contributed by atoms with Gasteiger partial charge in [0.2, 0.25) is 0 Å². The van der Waals surface area contributed by atoms with Crippen LogP contribution in [0.5, 0.6) is 0 Å². The molecule has 3 saturated carbocycles. The molecule has 3 aliphatic carbocycles. The van der Waals surface area contributed by atoms with Gasteiger partial charge in [0.25, 0.3) is 0 Å². The molecule has 0 heterocycles. The van der Waals surface area contributed by atoms with E-state index in [1.54, 1.807) is 38.5 Å². The molecule has 3 fully saturated rings. The fourth-order valence-corrected chi connectivity index (χ4v) is 6.36. The largest absolute Gasteiger partial charge is 0.0651 e. The van der Waals surface area contributed by atoms with Gasteiger partial charge < -0.3 is 0 Å². The molecule has 0 aliphatic heterocycles. The van der Waals surface area contributed by atoms with Crippen molar-refractivity contribution in [2.75, 3.05) is 0 Å². The first kappa shape index (κ1) is 15.9. The second kappa shape index (κ2) is 6.25. The highest BCUT2D eigenvalue weighted by atomic mass is 14.6. The van der Waals surface area contributed by atoms with Crippen LogP contribution >= 0.6 is 0 Å². The van der Waals surface area contributed by atoms with Crippen LogP contribution in [0.15, 0.2) is 0 Å². The quantitative estimate of drug-likeness (QED) is 0.529. The summed E-state index contributed by atoms with van der Waals surface area (Å²) < 4.78 is 0. The van der Waals surface area contributed by atoms with E-state index in [0.29, 0.717) is 0 Å². The lowest BCUT2D eigenvalue weighted by molar-refractivity contribution is -0.0498. The van der Waals surface area contributed by atoms with Crippen LogP contribution in [0, 0.1) is 40.9 Å². The van der Waals surface area contributed by atoms with Crippen molar-refractivity contribution in [3.05, 3.63) is 0 Å². The number of rotatable bonds is 5. The second-order valence-electron chi connectivity index (χ2n) is 9.15. The maximum Gasteiger partial charge on any atom is -0.0266 e. The van der Waals surface area contributed by atoms with E-state index in [0.717, 1.165) is 40.9 Å². The van der Waals surface area contributed by atoms with Crippen molar-refractivity contribution in [2.45, 2.75) is 91.9 Å². The predicted molar refractivity (Wildman–Crippen MR) is 92.2 cm³/mol. The Morgan fingerprint density at radius 1 is 1.00 bits per heavy atom. The van der Waals surface area contributed by atoms with Crippen LogP contribution in [-0.4, -0.2) is 0 Å². The molecule has 7 atom stereocenters. The summed E-state index contributed by atoms with van der Waals surface area (Å²) in [5.41, 5.74) is 0.732. The van der Waals surface area contributed by atoms with Crippen LogP contribution in [0.4, 0.5) is 0 Å². The summed E-state index contributed by atoms with van der Waals surface area (Å²) >= 11 is 0. The number of hydrogen-bond donors (Lipinski definition) is 0. The van der Waals surface area contributed by atoms with Gasteiger partial charge in [0, 0.05) is 0 Å². The van der Waals surface area contributed by atoms with Crippen LogP contribution in [-0.2, 0) is 0 Å². The Kier molecular flexibility index (Phi) is 4.72. The molecule has 3 rings (SSSR count). The first-order valence-corrected chi connectivity index (χ1v) is 10.1. The fraction of sp³-hybridized carbons (Fsp3) is 1.00. The van der Waals surface area contributed by atoms with Crippen molar-refractivity contribution in [3.63, 3.8) is 0 Å². The van der Waals surface area contributed by atoms with E-state index in [4.69, 9.17) is 0 Å². The van der Waals surface area contributed by atoms with Crippen LogP contribution in [0.25, 0.3) is 0 Å². The zero-order valence-corrected chi connectivity index (χ0v) is 15.0. The van der Waals surface area contributed by atoms with E-state index in [2.05, 4.69) is 27.7 Å². The van der Waals surface area contributed by atoms with Crippen molar-refractivity contribution < 1.29 is 0 Å². The Bertz CT molecular complexity index is 346. The average Bonchev–Trinajstić information content (AvgIpc) is 3.13. The standard InChI is InChI=1S/C21H38/c1-5-15(3)17-9-10-19(14-17)21(4)12-11-20(21)18-8-7-16(6-2)13-18/h15-20H,5-14H2,1-4H3. The molecule has 7 unspecified atom stereocenters. The smallest absolute Gasteiger partial charge is 0.0266 e. The van der Waals surface area contributed by atoms with Gasteiger partial charge in [-0.15, -0.1) is 0 Å². The second-order valence-corrected chi connectivity index (χ2v) is 9.15. The van der Waals surface area contributed by atoms with Gasteiger partial charge in [0.1, 0.15) is 0 Å². The van der Waals surface area contributed by atoms with E-state index in [1.807, 2.05) is 0 Å². The Morgan fingerprint density at radius 2 is 1.81 bits per heavy atom. The fourth-order valence-electron chi connectivity index (χ4n) is 6.36. The summed E-state index contributed by atoms with van der Waals surface area (Å²) in [6, 6.07) is 0. The Balaban J connectivity index is 1.60. The lowest BCUT2D eigenvalue weighted by Crippen LogP contribution is -2.46. The van der Waals surface area contributed by atoms with Gasteiger partial charge >= 0.3 is 0 Å². The van der Waals surface area contributed by atoms with Crippen molar-refractivity contribution >= 4 is 0 Å². The van der Waals surface area contributed by atoms with Crippen LogP contribution < -0.4 is 0 Å². The highest BCUT2D eigenvalue weighted by Gasteiger charge is 2.53. The minimum Gasteiger partial charge on any atom is -0.0651 e. The molecule has 0 N–H and O–H groups in total. The first-order chi connectivity index (χ1) is 10.1. The molecular weight excluding hydrogens is 252 g/mol. The highest BCUT2D eigenvalue weighted by Crippen LogP contribution is 2.62. The molecule has 0 nitrogen and oxygen atoms in total. The van der Waals surface area contributed by atoms with Gasteiger partial charge in [-0.1, -0.05) is 47.0 Å². The summed E-state index contributed by atoms with van der Waals surface area (Å²) in [6.45, 7) is 9.97.